The maximum absolute atomic E-state index is 12.9. The summed E-state index contributed by atoms with van der Waals surface area (Å²) in [5.74, 6) is 0.333. The molecule has 0 radical (unpaired) electrons. The van der Waals surface area contributed by atoms with Gasteiger partial charge < -0.3 is 14.8 Å². The molecule has 1 aliphatic heterocycles. The van der Waals surface area contributed by atoms with Gasteiger partial charge in [-0.1, -0.05) is 23.7 Å². The molecular formula is C20H21ClN2O5S. The van der Waals surface area contributed by atoms with Crippen molar-refractivity contribution in [1.82, 2.24) is 4.31 Å². The van der Waals surface area contributed by atoms with E-state index in [0.29, 0.717) is 18.9 Å². The molecule has 0 unspecified atom stereocenters. The van der Waals surface area contributed by atoms with Gasteiger partial charge in [0.05, 0.1) is 25.3 Å². The van der Waals surface area contributed by atoms with Gasteiger partial charge in [0, 0.05) is 24.9 Å². The number of nitrogens with one attached hydrogen (secondary N) is 1. The molecule has 1 fully saturated rings. The Hall–Kier alpha value is -2.39. The maximum atomic E-state index is 12.9. The fourth-order valence-corrected chi connectivity index (χ4v) is 4.68. The molecule has 1 amide bonds. The molecule has 1 saturated heterocycles. The Kier molecular flexibility index (Phi) is 6.92. The van der Waals surface area contributed by atoms with E-state index in [4.69, 9.17) is 21.1 Å². The van der Waals surface area contributed by atoms with E-state index in [1.165, 1.54) is 22.5 Å². The molecule has 0 bridgehead atoms. The first kappa shape index (κ1) is 21.3. The van der Waals surface area contributed by atoms with Gasteiger partial charge in [-0.25, -0.2) is 8.42 Å². The molecule has 0 saturated carbocycles. The molecule has 7 nitrogen and oxygen atoms in total. The van der Waals surface area contributed by atoms with Gasteiger partial charge in [0.1, 0.15) is 10.6 Å². The first-order valence-electron chi connectivity index (χ1n) is 8.91. The predicted octanol–water partition coefficient (Wildman–Crippen LogP) is 3.02. The van der Waals surface area contributed by atoms with Crippen LogP contribution < -0.4 is 10.1 Å². The molecule has 3 rings (SSSR count). The van der Waals surface area contributed by atoms with E-state index in [1.807, 2.05) is 12.1 Å². The standard InChI is InChI=1S/C20H21ClN2O5S/c1-27-17-6-2-15(3-7-17)4-9-20(24)22-16-5-8-18(21)19(14-16)29(25,26)23-10-12-28-13-11-23/h2-9,14H,10-13H2,1H3,(H,22,24)/b9-4+. The van der Waals surface area contributed by atoms with Gasteiger partial charge in [-0.2, -0.15) is 4.31 Å². The number of sulfonamides is 1. The highest BCUT2D eigenvalue weighted by Gasteiger charge is 2.28. The minimum atomic E-state index is -3.77. The third-order valence-electron chi connectivity index (χ3n) is 4.33. The zero-order valence-corrected chi connectivity index (χ0v) is 17.4. The molecule has 9 heteroatoms. The summed E-state index contributed by atoms with van der Waals surface area (Å²) in [6, 6.07) is 11.6. The summed E-state index contributed by atoms with van der Waals surface area (Å²) in [6.45, 7) is 1.20. The highest BCUT2D eigenvalue weighted by atomic mass is 35.5. The van der Waals surface area contributed by atoms with Crippen LogP contribution >= 0.6 is 11.6 Å². The predicted molar refractivity (Wildman–Crippen MR) is 112 cm³/mol. The second-order valence-electron chi connectivity index (χ2n) is 6.26. The van der Waals surface area contributed by atoms with Crippen LogP contribution in [0.2, 0.25) is 5.02 Å². The van der Waals surface area contributed by atoms with Crippen molar-refractivity contribution in [3.63, 3.8) is 0 Å². The van der Waals surface area contributed by atoms with Gasteiger partial charge in [0.15, 0.2) is 0 Å². The SMILES string of the molecule is COc1ccc(/C=C/C(=O)Nc2ccc(Cl)c(S(=O)(=O)N3CCOCC3)c2)cc1. The Morgan fingerprint density at radius 2 is 1.86 bits per heavy atom. The topological polar surface area (TPSA) is 84.9 Å². The van der Waals surface area contributed by atoms with Crippen LogP contribution in [0.15, 0.2) is 53.4 Å². The molecule has 0 atom stereocenters. The Morgan fingerprint density at radius 3 is 2.52 bits per heavy atom. The van der Waals surface area contributed by atoms with Crippen molar-refractivity contribution in [3.05, 3.63) is 59.1 Å². The fraction of sp³-hybridized carbons (Fsp3) is 0.250. The Labute approximate surface area is 174 Å². The highest BCUT2D eigenvalue weighted by molar-refractivity contribution is 7.89. The molecule has 0 aromatic heterocycles. The number of ether oxygens (including phenoxy) is 2. The number of carbonyl (C=O) groups is 1. The highest BCUT2D eigenvalue weighted by Crippen LogP contribution is 2.28. The maximum Gasteiger partial charge on any atom is 0.248 e. The third-order valence-corrected chi connectivity index (χ3v) is 6.71. The minimum Gasteiger partial charge on any atom is -0.497 e. The molecular weight excluding hydrogens is 416 g/mol. The van der Waals surface area contributed by atoms with Crippen LogP contribution in [0.5, 0.6) is 5.75 Å². The Morgan fingerprint density at radius 1 is 1.17 bits per heavy atom. The summed E-state index contributed by atoms with van der Waals surface area (Å²) in [4.78, 5) is 12.2. The summed E-state index contributed by atoms with van der Waals surface area (Å²) < 4.78 is 37.3. The third kappa shape index (κ3) is 5.36. The summed E-state index contributed by atoms with van der Waals surface area (Å²) in [5, 5.41) is 2.76. The number of amides is 1. The molecule has 0 spiro atoms. The van der Waals surface area contributed by atoms with E-state index in [1.54, 1.807) is 31.4 Å². The molecule has 154 valence electrons. The second-order valence-corrected chi connectivity index (χ2v) is 8.57. The summed E-state index contributed by atoms with van der Waals surface area (Å²) >= 11 is 6.13. The van der Waals surface area contributed by atoms with E-state index in [2.05, 4.69) is 5.32 Å². The summed E-state index contributed by atoms with van der Waals surface area (Å²) in [5.41, 5.74) is 1.17. The van der Waals surface area contributed by atoms with Crippen LogP contribution in [-0.2, 0) is 19.6 Å². The number of carbonyl (C=O) groups excluding carboxylic acids is 1. The van der Waals surface area contributed by atoms with Crippen LogP contribution in [0.4, 0.5) is 5.69 Å². The first-order chi connectivity index (χ1) is 13.9. The van der Waals surface area contributed by atoms with Crippen molar-refractivity contribution in [2.24, 2.45) is 0 Å². The number of nitrogens with zero attached hydrogens (tertiary/aromatic N) is 1. The molecule has 1 heterocycles. The zero-order chi connectivity index (χ0) is 20.9. The average Bonchev–Trinajstić information content (AvgIpc) is 2.74. The van der Waals surface area contributed by atoms with Crippen LogP contribution in [0.3, 0.4) is 0 Å². The van der Waals surface area contributed by atoms with Crippen molar-refractivity contribution in [2.45, 2.75) is 4.90 Å². The summed E-state index contributed by atoms with van der Waals surface area (Å²) in [6.07, 6.45) is 3.02. The number of methoxy groups -OCH3 is 1. The monoisotopic (exact) mass is 436 g/mol. The quantitative estimate of drug-likeness (QED) is 0.703. The molecule has 0 aliphatic carbocycles. The number of anilines is 1. The lowest BCUT2D eigenvalue weighted by Crippen LogP contribution is -2.40. The largest absolute Gasteiger partial charge is 0.497 e. The summed E-state index contributed by atoms with van der Waals surface area (Å²) in [7, 11) is -2.19. The van der Waals surface area contributed by atoms with Crippen LogP contribution in [-0.4, -0.2) is 52.0 Å². The van der Waals surface area contributed by atoms with Crippen molar-refractivity contribution in [2.75, 3.05) is 38.7 Å². The number of benzene rings is 2. The fourth-order valence-electron chi connectivity index (χ4n) is 2.78. The van der Waals surface area contributed by atoms with Gasteiger partial charge >= 0.3 is 0 Å². The molecule has 2 aromatic rings. The van der Waals surface area contributed by atoms with Crippen LogP contribution in [0.25, 0.3) is 6.08 Å². The number of rotatable bonds is 6. The van der Waals surface area contributed by atoms with Gasteiger partial charge in [-0.3, -0.25) is 4.79 Å². The van der Waals surface area contributed by atoms with Crippen molar-refractivity contribution < 1.29 is 22.7 Å². The van der Waals surface area contributed by atoms with Crippen LogP contribution in [0, 0.1) is 0 Å². The van der Waals surface area contributed by atoms with Crippen LogP contribution in [0.1, 0.15) is 5.56 Å². The smallest absolute Gasteiger partial charge is 0.248 e. The number of hydrogen-bond acceptors (Lipinski definition) is 5. The van der Waals surface area contributed by atoms with Crippen molar-refractivity contribution in [1.29, 1.82) is 0 Å². The molecule has 29 heavy (non-hydrogen) atoms. The van der Waals surface area contributed by atoms with Crippen molar-refractivity contribution >= 4 is 39.3 Å². The van der Waals surface area contributed by atoms with E-state index < -0.39 is 15.9 Å². The zero-order valence-electron chi connectivity index (χ0n) is 15.8. The van der Waals surface area contributed by atoms with E-state index in [0.717, 1.165) is 11.3 Å². The molecule has 1 aliphatic rings. The Balaban J connectivity index is 1.73. The lowest BCUT2D eigenvalue weighted by atomic mass is 10.2. The van der Waals surface area contributed by atoms with E-state index in [9.17, 15) is 13.2 Å². The van der Waals surface area contributed by atoms with E-state index in [-0.39, 0.29) is 23.0 Å². The van der Waals surface area contributed by atoms with Gasteiger partial charge in [-0.05, 0) is 42.0 Å². The number of halogens is 1. The van der Waals surface area contributed by atoms with Crippen molar-refractivity contribution in [3.8, 4) is 5.75 Å². The first-order valence-corrected chi connectivity index (χ1v) is 10.7. The van der Waals surface area contributed by atoms with Gasteiger partial charge in [0.25, 0.3) is 0 Å². The number of hydrogen-bond donors (Lipinski definition) is 1. The Bertz CT molecular complexity index is 1000. The van der Waals surface area contributed by atoms with Gasteiger partial charge in [0.2, 0.25) is 15.9 Å². The normalized spacial score (nSPS) is 15.4. The van der Waals surface area contributed by atoms with E-state index >= 15 is 0 Å². The second kappa shape index (κ2) is 9.41. The average molecular weight is 437 g/mol. The van der Waals surface area contributed by atoms with Gasteiger partial charge in [-0.15, -0.1) is 0 Å². The lowest BCUT2D eigenvalue weighted by molar-refractivity contribution is -0.111. The lowest BCUT2D eigenvalue weighted by Gasteiger charge is -2.26. The molecule has 1 N–H and O–H groups in total. The molecule has 2 aromatic carbocycles. The number of morpholine rings is 1. The minimum absolute atomic E-state index is 0.0435.